The van der Waals surface area contributed by atoms with Crippen LogP contribution in [-0.4, -0.2) is 18.2 Å². The normalized spacial score (nSPS) is 10.2. The van der Waals surface area contributed by atoms with Crippen molar-refractivity contribution in [2.45, 2.75) is 10.6 Å². The lowest BCUT2D eigenvalue weighted by Gasteiger charge is -2.04. The molecule has 0 bridgehead atoms. The fourth-order valence-electron chi connectivity index (χ4n) is 1.63. The Morgan fingerprint density at radius 2 is 1.95 bits per heavy atom. The molecule has 0 radical (unpaired) electrons. The van der Waals surface area contributed by atoms with Gasteiger partial charge in [-0.3, -0.25) is 0 Å². The van der Waals surface area contributed by atoms with Gasteiger partial charge in [0.2, 0.25) is 0 Å². The van der Waals surface area contributed by atoms with Crippen molar-refractivity contribution in [1.29, 1.82) is 0 Å². The number of thioether (sulfide) groups is 1. The number of hydrogen-bond acceptors (Lipinski definition) is 3. The minimum absolute atomic E-state index is 0.327. The number of carbonyl (C=O) groups is 1. The second-order valence-electron chi connectivity index (χ2n) is 3.97. The number of hydrogen-bond donors (Lipinski definition) is 1. The number of benzene rings is 2. The summed E-state index contributed by atoms with van der Waals surface area (Å²) in [5.74, 6) is 0.682. The molecule has 0 unspecified atom stereocenters. The number of aromatic carboxylic acids is 1. The summed E-state index contributed by atoms with van der Waals surface area (Å²) in [5.41, 5.74) is 1.33. The molecule has 0 aliphatic heterocycles. The largest absolute Gasteiger partial charge is 0.497 e. The number of methoxy groups -OCH3 is 1. The predicted octanol–water partition coefficient (Wildman–Crippen LogP) is 3.69. The molecule has 3 nitrogen and oxygen atoms in total. The summed E-state index contributed by atoms with van der Waals surface area (Å²) >= 11 is 1.66. The lowest BCUT2D eigenvalue weighted by molar-refractivity contribution is 0.0697. The maximum Gasteiger partial charge on any atom is 0.335 e. The molecular formula is C15H14O3S. The highest BCUT2D eigenvalue weighted by Crippen LogP contribution is 2.25. The third-order valence-electron chi connectivity index (χ3n) is 2.64. The van der Waals surface area contributed by atoms with Gasteiger partial charge in [0.05, 0.1) is 12.7 Å². The van der Waals surface area contributed by atoms with Gasteiger partial charge in [0.15, 0.2) is 0 Å². The van der Waals surface area contributed by atoms with E-state index in [1.165, 1.54) is 0 Å². The van der Waals surface area contributed by atoms with E-state index in [4.69, 9.17) is 9.84 Å². The highest BCUT2D eigenvalue weighted by molar-refractivity contribution is 7.98. The fourth-order valence-corrected chi connectivity index (χ4v) is 2.47. The zero-order chi connectivity index (χ0) is 13.7. The molecule has 4 heteroatoms. The highest BCUT2D eigenvalue weighted by atomic mass is 32.2. The Morgan fingerprint density at radius 1 is 1.21 bits per heavy atom. The standard InChI is InChI=1S/C15H14O3S/c1-18-13-5-7-14(8-6-13)19-10-11-3-2-4-12(9-11)15(16)17/h2-9H,10H2,1H3,(H,16,17). The zero-order valence-electron chi connectivity index (χ0n) is 10.5. The Kier molecular flexibility index (Phi) is 4.47. The first-order valence-corrected chi connectivity index (χ1v) is 6.76. The van der Waals surface area contributed by atoms with Crippen LogP contribution in [0.5, 0.6) is 5.75 Å². The molecule has 0 saturated carbocycles. The molecule has 2 aromatic carbocycles. The molecule has 2 rings (SSSR count). The third kappa shape index (κ3) is 3.76. The summed E-state index contributed by atoms with van der Waals surface area (Å²) in [7, 11) is 1.64. The number of carboxylic acid groups (broad SMARTS) is 1. The second kappa shape index (κ2) is 6.29. The summed E-state index contributed by atoms with van der Waals surface area (Å²) in [6, 6.07) is 14.8. The van der Waals surface area contributed by atoms with Gasteiger partial charge in [0.1, 0.15) is 5.75 Å². The monoisotopic (exact) mass is 274 g/mol. The van der Waals surface area contributed by atoms with Gasteiger partial charge in [-0.05, 0) is 42.0 Å². The Balaban J connectivity index is 2.01. The highest BCUT2D eigenvalue weighted by Gasteiger charge is 2.03. The molecule has 0 aliphatic rings. The molecule has 0 saturated heterocycles. The van der Waals surface area contributed by atoms with Crippen molar-refractivity contribution in [1.82, 2.24) is 0 Å². The van der Waals surface area contributed by atoms with Gasteiger partial charge in [0.25, 0.3) is 0 Å². The minimum Gasteiger partial charge on any atom is -0.497 e. The number of ether oxygens (including phenoxy) is 1. The molecule has 0 atom stereocenters. The average Bonchev–Trinajstić information content (AvgIpc) is 2.46. The van der Waals surface area contributed by atoms with Crippen LogP contribution in [0.4, 0.5) is 0 Å². The molecule has 0 aromatic heterocycles. The zero-order valence-corrected chi connectivity index (χ0v) is 11.3. The molecule has 98 valence electrons. The van der Waals surface area contributed by atoms with Crippen molar-refractivity contribution in [3.8, 4) is 5.75 Å². The first-order chi connectivity index (χ1) is 9.19. The van der Waals surface area contributed by atoms with Gasteiger partial charge >= 0.3 is 5.97 Å². The van der Waals surface area contributed by atoms with E-state index in [1.807, 2.05) is 30.3 Å². The summed E-state index contributed by atoms with van der Waals surface area (Å²) in [5, 5.41) is 8.93. The molecule has 2 aromatic rings. The Hall–Kier alpha value is -1.94. The second-order valence-corrected chi connectivity index (χ2v) is 5.02. The van der Waals surface area contributed by atoms with Crippen LogP contribution in [0.25, 0.3) is 0 Å². The molecule has 0 fully saturated rings. The van der Waals surface area contributed by atoms with Crippen molar-refractivity contribution >= 4 is 17.7 Å². The number of rotatable bonds is 5. The summed E-state index contributed by atoms with van der Waals surface area (Å²) in [6.45, 7) is 0. The van der Waals surface area contributed by atoms with Gasteiger partial charge in [-0.1, -0.05) is 12.1 Å². The van der Waals surface area contributed by atoms with E-state index in [2.05, 4.69) is 0 Å². The first kappa shape index (κ1) is 13.5. The van der Waals surface area contributed by atoms with E-state index in [9.17, 15) is 4.79 Å². The number of carboxylic acids is 1. The van der Waals surface area contributed by atoms with Gasteiger partial charge in [-0.2, -0.15) is 0 Å². The molecule has 0 spiro atoms. The van der Waals surface area contributed by atoms with Gasteiger partial charge < -0.3 is 9.84 Å². The molecular weight excluding hydrogens is 260 g/mol. The van der Waals surface area contributed by atoms with Crippen LogP contribution in [0.2, 0.25) is 0 Å². The SMILES string of the molecule is COc1ccc(SCc2cccc(C(=O)O)c2)cc1. The first-order valence-electron chi connectivity index (χ1n) is 5.78. The van der Waals surface area contributed by atoms with Crippen LogP contribution in [0, 0.1) is 0 Å². The van der Waals surface area contributed by atoms with Crippen molar-refractivity contribution in [3.05, 3.63) is 59.7 Å². The maximum atomic E-state index is 10.9. The van der Waals surface area contributed by atoms with E-state index < -0.39 is 5.97 Å². The summed E-state index contributed by atoms with van der Waals surface area (Å²) < 4.78 is 5.10. The van der Waals surface area contributed by atoms with Crippen LogP contribution in [0.1, 0.15) is 15.9 Å². The predicted molar refractivity (Wildman–Crippen MR) is 76.0 cm³/mol. The van der Waals surface area contributed by atoms with E-state index >= 15 is 0 Å². The molecule has 1 N–H and O–H groups in total. The molecule has 0 heterocycles. The van der Waals surface area contributed by atoms with Crippen LogP contribution in [0.15, 0.2) is 53.4 Å². The smallest absolute Gasteiger partial charge is 0.335 e. The van der Waals surface area contributed by atoms with Crippen LogP contribution in [-0.2, 0) is 5.75 Å². The topological polar surface area (TPSA) is 46.5 Å². The van der Waals surface area contributed by atoms with E-state index in [0.717, 1.165) is 22.0 Å². The summed E-state index contributed by atoms with van der Waals surface area (Å²) in [6.07, 6.45) is 0. The Morgan fingerprint density at radius 3 is 2.58 bits per heavy atom. The molecule has 0 amide bonds. The lowest BCUT2D eigenvalue weighted by atomic mass is 10.1. The van der Waals surface area contributed by atoms with Crippen LogP contribution < -0.4 is 4.74 Å². The Labute approximate surface area is 116 Å². The lowest BCUT2D eigenvalue weighted by Crippen LogP contribution is -1.96. The molecule has 19 heavy (non-hydrogen) atoms. The van der Waals surface area contributed by atoms with Crippen LogP contribution >= 0.6 is 11.8 Å². The quantitative estimate of drug-likeness (QED) is 0.845. The van der Waals surface area contributed by atoms with Crippen molar-refractivity contribution in [2.75, 3.05) is 7.11 Å². The third-order valence-corrected chi connectivity index (χ3v) is 3.72. The van der Waals surface area contributed by atoms with Gasteiger partial charge in [0, 0.05) is 10.6 Å². The van der Waals surface area contributed by atoms with Crippen LogP contribution in [0.3, 0.4) is 0 Å². The van der Waals surface area contributed by atoms with E-state index in [-0.39, 0.29) is 0 Å². The van der Waals surface area contributed by atoms with Crippen molar-refractivity contribution < 1.29 is 14.6 Å². The van der Waals surface area contributed by atoms with E-state index in [1.54, 1.807) is 37.1 Å². The van der Waals surface area contributed by atoms with E-state index in [0.29, 0.717) is 5.56 Å². The fraction of sp³-hybridized carbons (Fsp3) is 0.133. The van der Waals surface area contributed by atoms with Gasteiger partial charge in [-0.15, -0.1) is 11.8 Å². The molecule has 0 aliphatic carbocycles. The minimum atomic E-state index is -0.892. The average molecular weight is 274 g/mol. The van der Waals surface area contributed by atoms with Crippen molar-refractivity contribution in [2.24, 2.45) is 0 Å². The van der Waals surface area contributed by atoms with Gasteiger partial charge in [-0.25, -0.2) is 4.79 Å². The maximum absolute atomic E-state index is 10.9. The Bertz CT molecular complexity index is 564. The van der Waals surface area contributed by atoms with Crippen molar-refractivity contribution in [3.63, 3.8) is 0 Å². The summed E-state index contributed by atoms with van der Waals surface area (Å²) in [4.78, 5) is 12.0.